The molecule has 19 heavy (non-hydrogen) atoms. The van der Waals surface area contributed by atoms with Gasteiger partial charge >= 0.3 is 0 Å². The molecule has 1 saturated heterocycles. The lowest BCUT2D eigenvalue weighted by Gasteiger charge is -2.31. The average Bonchev–Trinajstić information content (AvgIpc) is 2.93. The Balaban J connectivity index is 1.82. The second-order valence-corrected chi connectivity index (χ2v) is 5.90. The number of hydrogen-bond acceptors (Lipinski definition) is 2. The molecule has 2 aliphatic rings. The van der Waals surface area contributed by atoms with Crippen molar-refractivity contribution in [2.45, 2.75) is 44.7 Å². The van der Waals surface area contributed by atoms with E-state index in [1.165, 1.54) is 19.3 Å². The maximum atomic E-state index is 12.7. The van der Waals surface area contributed by atoms with E-state index in [0.29, 0.717) is 12.0 Å². The van der Waals surface area contributed by atoms with E-state index in [1.54, 1.807) is 0 Å². The first-order valence-electron chi connectivity index (χ1n) is 7.31. The van der Waals surface area contributed by atoms with Crippen LogP contribution >= 0.6 is 0 Å². The number of aromatic nitrogens is 1. The first-order chi connectivity index (χ1) is 9.22. The van der Waals surface area contributed by atoms with E-state index in [2.05, 4.69) is 11.5 Å². The lowest BCUT2D eigenvalue weighted by atomic mass is 9.93. The number of aliphatic hydroxyl groups is 1. The highest BCUT2D eigenvalue weighted by Crippen LogP contribution is 2.34. The van der Waals surface area contributed by atoms with Crippen LogP contribution < -0.4 is 0 Å². The van der Waals surface area contributed by atoms with Gasteiger partial charge < -0.3 is 14.6 Å². The molecule has 2 unspecified atom stereocenters. The zero-order chi connectivity index (χ0) is 13.4. The SMILES string of the molecule is CC1CCN(C(=O)c2cccn2C2CCC2)C1CO. The van der Waals surface area contributed by atoms with E-state index in [0.717, 1.165) is 18.7 Å². The molecule has 0 spiro atoms. The number of carbonyl (C=O) groups excluding carboxylic acids is 1. The zero-order valence-electron chi connectivity index (χ0n) is 11.5. The van der Waals surface area contributed by atoms with Crippen LogP contribution in [-0.4, -0.2) is 39.7 Å². The molecule has 1 saturated carbocycles. The number of carbonyl (C=O) groups is 1. The monoisotopic (exact) mass is 262 g/mol. The van der Waals surface area contributed by atoms with E-state index < -0.39 is 0 Å². The summed E-state index contributed by atoms with van der Waals surface area (Å²) in [7, 11) is 0. The van der Waals surface area contributed by atoms with Crippen molar-refractivity contribution in [3.63, 3.8) is 0 Å². The molecule has 1 N–H and O–H groups in total. The molecule has 4 nitrogen and oxygen atoms in total. The highest BCUT2D eigenvalue weighted by Gasteiger charge is 2.36. The van der Waals surface area contributed by atoms with Crippen molar-refractivity contribution >= 4 is 5.91 Å². The third-order valence-electron chi connectivity index (χ3n) is 4.80. The lowest BCUT2D eigenvalue weighted by Crippen LogP contribution is -2.41. The maximum absolute atomic E-state index is 12.7. The summed E-state index contributed by atoms with van der Waals surface area (Å²) in [4.78, 5) is 14.5. The Morgan fingerprint density at radius 1 is 1.42 bits per heavy atom. The van der Waals surface area contributed by atoms with Gasteiger partial charge in [-0.1, -0.05) is 6.92 Å². The number of likely N-dealkylation sites (tertiary alicyclic amines) is 1. The quantitative estimate of drug-likeness (QED) is 0.906. The maximum Gasteiger partial charge on any atom is 0.270 e. The fourth-order valence-corrected chi connectivity index (χ4v) is 3.24. The number of amides is 1. The van der Waals surface area contributed by atoms with Crippen LogP contribution in [0.15, 0.2) is 18.3 Å². The predicted molar refractivity (Wildman–Crippen MR) is 73.0 cm³/mol. The van der Waals surface area contributed by atoms with Crippen LogP contribution in [0.5, 0.6) is 0 Å². The third kappa shape index (κ3) is 2.08. The van der Waals surface area contributed by atoms with Gasteiger partial charge in [0.25, 0.3) is 5.91 Å². The van der Waals surface area contributed by atoms with Crippen molar-refractivity contribution in [2.24, 2.45) is 5.92 Å². The van der Waals surface area contributed by atoms with Gasteiger partial charge in [0.2, 0.25) is 0 Å². The van der Waals surface area contributed by atoms with Gasteiger partial charge in [0.15, 0.2) is 0 Å². The van der Waals surface area contributed by atoms with Gasteiger partial charge in [0.1, 0.15) is 5.69 Å². The smallest absolute Gasteiger partial charge is 0.270 e. The second-order valence-electron chi connectivity index (χ2n) is 5.90. The van der Waals surface area contributed by atoms with Crippen molar-refractivity contribution in [3.8, 4) is 0 Å². The summed E-state index contributed by atoms with van der Waals surface area (Å²) in [5, 5.41) is 9.49. The minimum Gasteiger partial charge on any atom is -0.394 e. The van der Waals surface area contributed by atoms with Gasteiger partial charge in [-0.2, -0.15) is 0 Å². The molecule has 2 fully saturated rings. The summed E-state index contributed by atoms with van der Waals surface area (Å²) in [6, 6.07) is 4.36. The first kappa shape index (κ1) is 12.7. The second kappa shape index (κ2) is 5.00. The molecule has 1 aromatic heterocycles. The molecule has 0 bridgehead atoms. The first-order valence-corrected chi connectivity index (χ1v) is 7.31. The van der Waals surface area contributed by atoms with E-state index in [9.17, 15) is 9.90 Å². The summed E-state index contributed by atoms with van der Waals surface area (Å²) >= 11 is 0. The molecule has 2 atom stereocenters. The van der Waals surface area contributed by atoms with Crippen molar-refractivity contribution < 1.29 is 9.90 Å². The van der Waals surface area contributed by atoms with Gasteiger partial charge in [-0.25, -0.2) is 0 Å². The van der Waals surface area contributed by atoms with Crippen molar-refractivity contribution in [1.82, 2.24) is 9.47 Å². The van der Waals surface area contributed by atoms with Crippen molar-refractivity contribution in [3.05, 3.63) is 24.0 Å². The molecular weight excluding hydrogens is 240 g/mol. The third-order valence-corrected chi connectivity index (χ3v) is 4.80. The number of nitrogens with zero attached hydrogens (tertiary/aromatic N) is 2. The lowest BCUT2D eigenvalue weighted by molar-refractivity contribution is 0.0632. The number of hydrogen-bond donors (Lipinski definition) is 1. The number of aliphatic hydroxyl groups excluding tert-OH is 1. The minimum atomic E-state index is -0.0164. The van der Waals surface area contributed by atoms with Crippen LogP contribution in [0.1, 0.15) is 49.1 Å². The summed E-state index contributed by atoms with van der Waals surface area (Å²) < 4.78 is 2.13. The van der Waals surface area contributed by atoms with E-state index in [4.69, 9.17) is 0 Å². The summed E-state index contributed by atoms with van der Waals surface area (Å²) in [6.07, 6.45) is 6.62. The van der Waals surface area contributed by atoms with Crippen LogP contribution in [0.3, 0.4) is 0 Å². The molecule has 0 radical (unpaired) electrons. The largest absolute Gasteiger partial charge is 0.394 e. The molecule has 2 heterocycles. The Morgan fingerprint density at radius 2 is 2.21 bits per heavy atom. The molecule has 1 amide bonds. The van der Waals surface area contributed by atoms with Crippen molar-refractivity contribution in [2.75, 3.05) is 13.2 Å². The molecule has 1 aliphatic heterocycles. The van der Waals surface area contributed by atoms with Gasteiger partial charge in [0.05, 0.1) is 12.6 Å². The topological polar surface area (TPSA) is 45.5 Å². The molecule has 104 valence electrons. The van der Waals surface area contributed by atoms with E-state index in [-0.39, 0.29) is 18.6 Å². The molecule has 1 aliphatic carbocycles. The zero-order valence-corrected chi connectivity index (χ0v) is 11.5. The fourth-order valence-electron chi connectivity index (χ4n) is 3.24. The Bertz CT molecular complexity index is 464. The molecule has 4 heteroatoms. The molecular formula is C15H22N2O2. The van der Waals surface area contributed by atoms with Crippen LogP contribution in [0.25, 0.3) is 0 Å². The predicted octanol–water partition coefficient (Wildman–Crippen LogP) is 2.06. The van der Waals surface area contributed by atoms with Crippen molar-refractivity contribution in [1.29, 1.82) is 0 Å². The average molecular weight is 262 g/mol. The normalized spacial score (nSPS) is 27.6. The highest BCUT2D eigenvalue weighted by molar-refractivity contribution is 5.93. The van der Waals surface area contributed by atoms with Crippen LogP contribution in [0.4, 0.5) is 0 Å². The Hall–Kier alpha value is -1.29. The van der Waals surface area contributed by atoms with Gasteiger partial charge in [0, 0.05) is 18.8 Å². The van der Waals surface area contributed by atoms with Gasteiger partial charge in [-0.3, -0.25) is 4.79 Å². The highest BCUT2D eigenvalue weighted by atomic mass is 16.3. The Kier molecular flexibility index (Phi) is 3.35. The van der Waals surface area contributed by atoms with E-state index >= 15 is 0 Å². The standard InChI is InChI=1S/C15H22N2O2/c1-11-7-9-17(14(11)10-18)15(19)13-6-3-8-16(13)12-4-2-5-12/h3,6,8,11-12,14,18H,2,4-5,7,9-10H2,1H3. The Morgan fingerprint density at radius 3 is 2.84 bits per heavy atom. The summed E-state index contributed by atoms with van der Waals surface area (Å²) in [5.41, 5.74) is 0.789. The summed E-state index contributed by atoms with van der Waals surface area (Å²) in [6.45, 7) is 2.94. The van der Waals surface area contributed by atoms with Crippen LogP contribution in [0, 0.1) is 5.92 Å². The fraction of sp³-hybridized carbons (Fsp3) is 0.667. The van der Waals surface area contributed by atoms with Crippen LogP contribution in [0.2, 0.25) is 0 Å². The number of rotatable bonds is 3. The van der Waals surface area contributed by atoms with E-state index in [1.807, 2.05) is 23.2 Å². The van der Waals surface area contributed by atoms with Gasteiger partial charge in [-0.15, -0.1) is 0 Å². The Labute approximate surface area is 114 Å². The molecule has 3 rings (SSSR count). The van der Waals surface area contributed by atoms with Crippen LogP contribution in [-0.2, 0) is 0 Å². The summed E-state index contributed by atoms with van der Waals surface area (Å²) in [5.74, 6) is 0.473. The minimum absolute atomic E-state index is 0.0164. The van der Waals surface area contributed by atoms with Gasteiger partial charge in [-0.05, 0) is 43.7 Å². The molecule has 0 aromatic carbocycles. The molecule has 1 aromatic rings.